The van der Waals surface area contributed by atoms with Crippen LogP contribution in [0.5, 0.6) is 0 Å². The summed E-state index contributed by atoms with van der Waals surface area (Å²) in [6.45, 7) is 7.13. The molecule has 0 radical (unpaired) electrons. The lowest BCUT2D eigenvalue weighted by Gasteiger charge is -2.33. The van der Waals surface area contributed by atoms with Crippen molar-refractivity contribution >= 4 is 28.3 Å². The minimum absolute atomic E-state index is 0.0742. The minimum atomic E-state index is -0.171. The van der Waals surface area contributed by atoms with Gasteiger partial charge in [0, 0.05) is 31.8 Å². The highest BCUT2D eigenvalue weighted by molar-refractivity contribution is 7.15. The van der Waals surface area contributed by atoms with Crippen LogP contribution in [-0.4, -0.2) is 39.5 Å². The number of anilines is 1. The third kappa shape index (κ3) is 5.57. The van der Waals surface area contributed by atoms with E-state index < -0.39 is 0 Å². The molecule has 1 atom stereocenters. The standard InChI is InChI=1S/C16H26N4O2S/c1-11(2)10-14-18-19-16(23-14)17-13(21)7-8-15(22)20-9-5-4-6-12(20)3/h11-12H,4-10H2,1-3H3,(H,17,19,21)/t12-/m0/s1. The Labute approximate surface area is 141 Å². The Balaban J connectivity index is 1.76. The summed E-state index contributed by atoms with van der Waals surface area (Å²) in [6.07, 6.45) is 4.61. The maximum atomic E-state index is 12.2. The third-order valence-electron chi connectivity index (χ3n) is 3.99. The van der Waals surface area contributed by atoms with Crippen molar-refractivity contribution in [3.63, 3.8) is 0 Å². The summed E-state index contributed by atoms with van der Waals surface area (Å²) in [4.78, 5) is 26.1. The summed E-state index contributed by atoms with van der Waals surface area (Å²) < 4.78 is 0. The largest absolute Gasteiger partial charge is 0.340 e. The van der Waals surface area contributed by atoms with Crippen LogP contribution < -0.4 is 5.32 Å². The van der Waals surface area contributed by atoms with Crippen LogP contribution in [0.25, 0.3) is 0 Å². The maximum Gasteiger partial charge on any atom is 0.226 e. The molecule has 1 aliphatic rings. The fourth-order valence-corrected chi connectivity index (χ4v) is 3.72. The van der Waals surface area contributed by atoms with Gasteiger partial charge in [0.05, 0.1) is 0 Å². The number of hydrogen-bond acceptors (Lipinski definition) is 5. The molecule has 7 heteroatoms. The monoisotopic (exact) mass is 338 g/mol. The first kappa shape index (κ1) is 17.8. The first-order valence-corrected chi connectivity index (χ1v) is 9.19. The highest BCUT2D eigenvalue weighted by atomic mass is 32.1. The predicted molar refractivity (Wildman–Crippen MR) is 91.3 cm³/mol. The summed E-state index contributed by atoms with van der Waals surface area (Å²) in [6, 6.07) is 0.293. The normalized spacial score (nSPS) is 18.3. The predicted octanol–water partition coefficient (Wildman–Crippen LogP) is 2.86. The summed E-state index contributed by atoms with van der Waals surface area (Å²) in [5.41, 5.74) is 0. The number of hydrogen-bond donors (Lipinski definition) is 1. The van der Waals surface area contributed by atoms with Gasteiger partial charge in [0.25, 0.3) is 0 Å². The summed E-state index contributed by atoms with van der Waals surface area (Å²) >= 11 is 1.40. The molecule has 0 bridgehead atoms. The van der Waals surface area contributed by atoms with Gasteiger partial charge in [-0.25, -0.2) is 0 Å². The van der Waals surface area contributed by atoms with Gasteiger partial charge in [0.1, 0.15) is 5.01 Å². The molecule has 23 heavy (non-hydrogen) atoms. The Kier molecular flexibility index (Phi) is 6.50. The third-order valence-corrected chi connectivity index (χ3v) is 4.85. The van der Waals surface area contributed by atoms with E-state index in [0.717, 1.165) is 30.8 Å². The maximum absolute atomic E-state index is 12.2. The fraction of sp³-hybridized carbons (Fsp3) is 0.750. The number of carbonyl (C=O) groups is 2. The van der Waals surface area contributed by atoms with Crippen LogP contribution in [0.4, 0.5) is 5.13 Å². The van der Waals surface area contributed by atoms with Gasteiger partial charge in [-0.1, -0.05) is 25.2 Å². The number of carbonyl (C=O) groups excluding carboxylic acids is 2. The van der Waals surface area contributed by atoms with Gasteiger partial charge in [-0.15, -0.1) is 10.2 Å². The zero-order chi connectivity index (χ0) is 16.8. The van der Waals surface area contributed by atoms with Gasteiger partial charge in [0.2, 0.25) is 16.9 Å². The number of likely N-dealkylation sites (tertiary alicyclic amines) is 1. The SMILES string of the molecule is CC(C)Cc1nnc(NC(=O)CCC(=O)N2CCCC[C@@H]2C)s1. The van der Waals surface area contributed by atoms with E-state index in [1.165, 1.54) is 17.8 Å². The minimum Gasteiger partial charge on any atom is -0.340 e. The lowest BCUT2D eigenvalue weighted by atomic mass is 10.0. The van der Waals surface area contributed by atoms with Gasteiger partial charge in [0.15, 0.2) is 0 Å². The number of aromatic nitrogens is 2. The van der Waals surface area contributed by atoms with Crippen LogP contribution in [0.3, 0.4) is 0 Å². The molecular weight excluding hydrogens is 312 g/mol. The first-order chi connectivity index (χ1) is 11.0. The first-order valence-electron chi connectivity index (χ1n) is 8.37. The highest BCUT2D eigenvalue weighted by Crippen LogP contribution is 2.20. The molecular formula is C16H26N4O2S. The molecule has 0 aromatic carbocycles. The van der Waals surface area contributed by atoms with E-state index in [-0.39, 0.29) is 24.7 Å². The molecule has 0 saturated carbocycles. The van der Waals surface area contributed by atoms with E-state index in [2.05, 4.69) is 36.3 Å². The second-order valence-electron chi connectivity index (χ2n) is 6.58. The van der Waals surface area contributed by atoms with Crippen molar-refractivity contribution in [2.24, 2.45) is 5.92 Å². The molecule has 1 fully saturated rings. The zero-order valence-electron chi connectivity index (χ0n) is 14.2. The van der Waals surface area contributed by atoms with Gasteiger partial charge in [-0.2, -0.15) is 0 Å². The molecule has 0 spiro atoms. The van der Waals surface area contributed by atoms with Gasteiger partial charge >= 0.3 is 0 Å². The summed E-state index contributed by atoms with van der Waals surface area (Å²) in [5, 5.41) is 12.2. The zero-order valence-corrected chi connectivity index (χ0v) is 15.0. The van der Waals surface area contributed by atoms with E-state index in [9.17, 15) is 9.59 Å². The topological polar surface area (TPSA) is 75.2 Å². The van der Waals surface area contributed by atoms with Crippen molar-refractivity contribution in [2.45, 2.75) is 65.3 Å². The van der Waals surface area contributed by atoms with Crippen molar-refractivity contribution in [3.8, 4) is 0 Å². The molecule has 1 aromatic rings. The Bertz CT molecular complexity index is 544. The average Bonchev–Trinajstić information content (AvgIpc) is 2.91. The van der Waals surface area contributed by atoms with Crippen LogP contribution in [0.1, 0.15) is 57.9 Å². The number of amides is 2. The molecule has 1 aromatic heterocycles. The van der Waals surface area contributed by atoms with E-state index >= 15 is 0 Å². The molecule has 0 aliphatic carbocycles. The molecule has 2 rings (SSSR count). The highest BCUT2D eigenvalue weighted by Gasteiger charge is 2.23. The lowest BCUT2D eigenvalue weighted by molar-refractivity contribution is -0.135. The molecule has 1 N–H and O–H groups in total. The van der Waals surface area contributed by atoms with Crippen molar-refractivity contribution in [1.82, 2.24) is 15.1 Å². The van der Waals surface area contributed by atoms with Crippen LogP contribution in [0.15, 0.2) is 0 Å². The van der Waals surface area contributed by atoms with Gasteiger partial charge < -0.3 is 10.2 Å². The molecule has 0 unspecified atom stereocenters. The Hall–Kier alpha value is -1.50. The van der Waals surface area contributed by atoms with Crippen LogP contribution in [0.2, 0.25) is 0 Å². The molecule has 2 heterocycles. The second-order valence-corrected chi connectivity index (χ2v) is 7.64. The number of piperidine rings is 1. The smallest absolute Gasteiger partial charge is 0.226 e. The molecule has 1 saturated heterocycles. The van der Waals surface area contributed by atoms with Crippen LogP contribution >= 0.6 is 11.3 Å². The van der Waals surface area contributed by atoms with Crippen molar-refractivity contribution in [1.29, 1.82) is 0 Å². The van der Waals surface area contributed by atoms with Crippen molar-refractivity contribution < 1.29 is 9.59 Å². The summed E-state index contributed by atoms with van der Waals surface area (Å²) in [7, 11) is 0. The molecule has 6 nitrogen and oxygen atoms in total. The number of nitrogens with zero attached hydrogens (tertiary/aromatic N) is 3. The number of nitrogens with one attached hydrogen (secondary N) is 1. The Morgan fingerprint density at radius 3 is 2.78 bits per heavy atom. The quantitative estimate of drug-likeness (QED) is 0.865. The lowest BCUT2D eigenvalue weighted by Crippen LogP contribution is -2.42. The van der Waals surface area contributed by atoms with E-state index in [0.29, 0.717) is 17.1 Å². The van der Waals surface area contributed by atoms with E-state index in [1.807, 2.05) is 4.90 Å². The van der Waals surface area contributed by atoms with E-state index in [1.54, 1.807) is 0 Å². The molecule has 2 amide bonds. The Morgan fingerprint density at radius 1 is 1.30 bits per heavy atom. The fourth-order valence-electron chi connectivity index (χ4n) is 2.75. The van der Waals surface area contributed by atoms with Gasteiger partial charge in [-0.3, -0.25) is 9.59 Å². The van der Waals surface area contributed by atoms with Crippen LogP contribution in [0, 0.1) is 5.92 Å². The molecule has 1 aliphatic heterocycles. The van der Waals surface area contributed by atoms with Crippen molar-refractivity contribution in [2.75, 3.05) is 11.9 Å². The second kappa shape index (κ2) is 8.38. The van der Waals surface area contributed by atoms with Crippen LogP contribution in [-0.2, 0) is 16.0 Å². The average molecular weight is 338 g/mol. The molecule has 128 valence electrons. The van der Waals surface area contributed by atoms with Gasteiger partial charge in [-0.05, 0) is 32.1 Å². The summed E-state index contributed by atoms with van der Waals surface area (Å²) in [5.74, 6) is 0.413. The van der Waals surface area contributed by atoms with E-state index in [4.69, 9.17) is 0 Å². The number of rotatable bonds is 6. The Morgan fingerprint density at radius 2 is 2.09 bits per heavy atom. The van der Waals surface area contributed by atoms with Crippen molar-refractivity contribution in [3.05, 3.63) is 5.01 Å².